The number of amides is 1. The number of hydrogen-bond acceptors (Lipinski definition) is 3. The third-order valence-corrected chi connectivity index (χ3v) is 5.09. The Morgan fingerprint density at radius 1 is 1.19 bits per heavy atom. The molecule has 0 fully saturated rings. The van der Waals surface area contributed by atoms with Crippen molar-refractivity contribution >= 4 is 21.8 Å². The second-order valence-electron chi connectivity index (χ2n) is 5.93. The van der Waals surface area contributed by atoms with Gasteiger partial charge in [-0.25, -0.2) is 4.98 Å². The van der Waals surface area contributed by atoms with Gasteiger partial charge in [-0.05, 0) is 45.6 Å². The quantitative estimate of drug-likeness (QED) is 0.678. The van der Waals surface area contributed by atoms with Gasteiger partial charge < -0.3 is 9.88 Å². The highest BCUT2D eigenvalue weighted by atomic mass is 79.9. The number of aromatic nitrogens is 3. The highest BCUT2D eigenvalue weighted by Gasteiger charge is 2.36. The number of halogens is 1. The zero-order valence-corrected chi connectivity index (χ0v) is 15.4. The van der Waals surface area contributed by atoms with E-state index in [0.29, 0.717) is 18.7 Å². The lowest BCUT2D eigenvalue weighted by atomic mass is 10.0. The van der Waals surface area contributed by atoms with E-state index >= 15 is 0 Å². The molecular weight excluding hydrogens is 392 g/mol. The Bertz CT molecular complexity index is 1000. The topological polar surface area (TPSA) is 61.9 Å². The molecule has 0 spiro atoms. The van der Waals surface area contributed by atoms with Crippen LogP contribution in [-0.4, -0.2) is 32.3 Å². The summed E-state index contributed by atoms with van der Waals surface area (Å²) in [6.07, 6.45) is 5.72. The van der Waals surface area contributed by atoms with E-state index in [1.54, 1.807) is 18.7 Å². The summed E-state index contributed by atoms with van der Waals surface area (Å²) in [6.45, 7) is 0.343. The first kappa shape index (κ1) is 16.6. The van der Waals surface area contributed by atoms with Gasteiger partial charge in [-0.3, -0.25) is 9.78 Å². The number of aromatic amines is 1. The largest absolute Gasteiger partial charge is 0.350 e. The van der Waals surface area contributed by atoms with Crippen LogP contribution in [0.15, 0.2) is 59.6 Å². The van der Waals surface area contributed by atoms with Crippen molar-refractivity contribution in [1.82, 2.24) is 19.9 Å². The fourth-order valence-electron chi connectivity index (χ4n) is 3.14. The fourth-order valence-corrected chi connectivity index (χ4v) is 3.56. The molecule has 128 valence electrons. The van der Waals surface area contributed by atoms with Crippen molar-refractivity contribution in [2.24, 2.45) is 0 Å². The van der Waals surface area contributed by atoms with Crippen LogP contribution in [0.4, 0.5) is 0 Å². The molecule has 0 bridgehead atoms. The molecule has 5 nitrogen and oxygen atoms in total. The Balaban J connectivity index is 1.65. The molecule has 1 unspecified atom stereocenters. The SMILES string of the molecule is O=C1c2ccccc2C(Cc2ncccc2Br)N1CC#Cc1c[nH]cn1. The summed E-state index contributed by atoms with van der Waals surface area (Å²) in [5.74, 6) is 6.06. The molecule has 1 atom stereocenters. The van der Waals surface area contributed by atoms with Crippen LogP contribution in [0, 0.1) is 11.8 Å². The van der Waals surface area contributed by atoms with Crippen LogP contribution >= 0.6 is 15.9 Å². The van der Waals surface area contributed by atoms with E-state index in [4.69, 9.17) is 0 Å². The molecule has 1 N–H and O–H groups in total. The third-order valence-electron chi connectivity index (χ3n) is 4.37. The summed E-state index contributed by atoms with van der Waals surface area (Å²) in [7, 11) is 0. The zero-order chi connectivity index (χ0) is 17.9. The number of carbonyl (C=O) groups excluding carboxylic acids is 1. The summed E-state index contributed by atoms with van der Waals surface area (Å²) in [6, 6.07) is 11.5. The van der Waals surface area contributed by atoms with E-state index in [-0.39, 0.29) is 11.9 Å². The van der Waals surface area contributed by atoms with Gasteiger partial charge in [0.25, 0.3) is 5.91 Å². The number of nitrogens with zero attached hydrogens (tertiary/aromatic N) is 3. The van der Waals surface area contributed by atoms with Gasteiger partial charge >= 0.3 is 0 Å². The number of rotatable bonds is 3. The van der Waals surface area contributed by atoms with Crippen LogP contribution in [0.25, 0.3) is 0 Å². The van der Waals surface area contributed by atoms with Gasteiger partial charge in [0.05, 0.1) is 24.6 Å². The predicted octanol–water partition coefficient (Wildman–Crippen LogP) is 3.36. The minimum absolute atomic E-state index is 0.00832. The molecule has 1 aliphatic rings. The van der Waals surface area contributed by atoms with E-state index in [0.717, 1.165) is 21.3 Å². The maximum absolute atomic E-state index is 12.9. The fraction of sp³-hybridized carbons (Fsp3) is 0.150. The van der Waals surface area contributed by atoms with Crippen LogP contribution in [0.3, 0.4) is 0 Å². The van der Waals surface area contributed by atoms with Crippen molar-refractivity contribution in [3.05, 3.63) is 82.1 Å². The maximum Gasteiger partial charge on any atom is 0.255 e. The monoisotopic (exact) mass is 406 g/mol. The molecule has 2 aromatic heterocycles. The number of imidazole rings is 1. The van der Waals surface area contributed by atoms with Gasteiger partial charge in [0, 0.05) is 28.9 Å². The number of carbonyl (C=O) groups is 1. The van der Waals surface area contributed by atoms with Crippen molar-refractivity contribution in [3.8, 4) is 11.8 Å². The Labute approximate surface area is 159 Å². The molecular formula is C20H15BrN4O. The van der Waals surface area contributed by atoms with E-state index in [1.165, 1.54) is 0 Å². The van der Waals surface area contributed by atoms with E-state index in [1.807, 2.05) is 41.3 Å². The number of nitrogens with one attached hydrogen (secondary N) is 1. The van der Waals surface area contributed by atoms with Crippen LogP contribution in [-0.2, 0) is 6.42 Å². The van der Waals surface area contributed by atoms with E-state index in [2.05, 4.69) is 42.7 Å². The number of benzene rings is 1. The number of pyridine rings is 1. The van der Waals surface area contributed by atoms with Gasteiger partial charge in [-0.1, -0.05) is 24.1 Å². The standard InChI is InChI=1S/C20H15BrN4O/c21-17-8-3-9-23-18(17)11-19-15-6-1-2-7-16(15)20(26)25(19)10-4-5-14-12-22-13-24-14/h1-3,6-9,12-13,19H,10-11H2,(H,22,24). The first-order valence-electron chi connectivity index (χ1n) is 8.21. The highest BCUT2D eigenvalue weighted by molar-refractivity contribution is 9.10. The van der Waals surface area contributed by atoms with Crippen LogP contribution in [0.5, 0.6) is 0 Å². The summed E-state index contributed by atoms with van der Waals surface area (Å²) in [5, 5.41) is 0. The molecule has 26 heavy (non-hydrogen) atoms. The smallest absolute Gasteiger partial charge is 0.255 e. The van der Waals surface area contributed by atoms with E-state index < -0.39 is 0 Å². The molecule has 1 amide bonds. The first-order valence-corrected chi connectivity index (χ1v) is 9.00. The average molecular weight is 407 g/mol. The molecule has 6 heteroatoms. The predicted molar refractivity (Wildman–Crippen MR) is 101 cm³/mol. The van der Waals surface area contributed by atoms with Crippen LogP contribution in [0.1, 0.15) is 33.4 Å². The van der Waals surface area contributed by atoms with Crippen molar-refractivity contribution in [2.75, 3.05) is 6.54 Å². The van der Waals surface area contributed by atoms with Crippen LogP contribution in [0.2, 0.25) is 0 Å². The van der Waals surface area contributed by atoms with Gasteiger partial charge in [0.15, 0.2) is 0 Å². The minimum Gasteiger partial charge on any atom is -0.350 e. The van der Waals surface area contributed by atoms with Crippen molar-refractivity contribution in [3.63, 3.8) is 0 Å². The van der Waals surface area contributed by atoms with Gasteiger partial charge in [-0.15, -0.1) is 0 Å². The summed E-state index contributed by atoms with van der Waals surface area (Å²) in [5.41, 5.74) is 3.35. The average Bonchev–Trinajstić information content (AvgIpc) is 3.26. The molecule has 0 saturated heterocycles. The van der Waals surface area contributed by atoms with E-state index in [9.17, 15) is 4.79 Å². The lowest BCUT2D eigenvalue weighted by molar-refractivity contribution is 0.0750. The molecule has 0 radical (unpaired) electrons. The van der Waals surface area contributed by atoms with Gasteiger partial charge in [0.2, 0.25) is 0 Å². The lowest BCUT2D eigenvalue weighted by Gasteiger charge is -2.23. The third kappa shape index (κ3) is 3.14. The Morgan fingerprint density at radius 3 is 2.88 bits per heavy atom. The first-order chi connectivity index (χ1) is 12.7. The molecule has 1 aliphatic heterocycles. The normalized spacial score (nSPS) is 15.5. The lowest BCUT2D eigenvalue weighted by Crippen LogP contribution is -2.30. The Kier molecular flexibility index (Phi) is 4.55. The molecule has 4 rings (SSSR count). The second kappa shape index (κ2) is 7.14. The Hall–Kier alpha value is -2.91. The molecule has 0 saturated carbocycles. The minimum atomic E-state index is -0.0848. The molecule has 1 aromatic carbocycles. The number of fused-ring (bicyclic) bond motifs is 1. The summed E-state index contributed by atoms with van der Waals surface area (Å²) in [4.78, 5) is 26.1. The maximum atomic E-state index is 12.9. The van der Waals surface area contributed by atoms with Crippen molar-refractivity contribution in [2.45, 2.75) is 12.5 Å². The van der Waals surface area contributed by atoms with Crippen LogP contribution < -0.4 is 0 Å². The summed E-state index contributed by atoms with van der Waals surface area (Å²) >= 11 is 3.55. The van der Waals surface area contributed by atoms with Crippen molar-refractivity contribution in [1.29, 1.82) is 0 Å². The van der Waals surface area contributed by atoms with Crippen molar-refractivity contribution < 1.29 is 4.79 Å². The van der Waals surface area contributed by atoms with Gasteiger partial charge in [0.1, 0.15) is 5.69 Å². The second-order valence-corrected chi connectivity index (χ2v) is 6.78. The molecule has 0 aliphatic carbocycles. The number of hydrogen-bond donors (Lipinski definition) is 1. The Morgan fingerprint density at radius 2 is 2.08 bits per heavy atom. The molecule has 3 aromatic rings. The summed E-state index contributed by atoms with van der Waals surface area (Å²) < 4.78 is 0.944. The van der Waals surface area contributed by atoms with Gasteiger partial charge in [-0.2, -0.15) is 0 Å². The highest BCUT2D eigenvalue weighted by Crippen LogP contribution is 2.36. The molecule has 3 heterocycles. The number of H-pyrrole nitrogens is 1. The zero-order valence-electron chi connectivity index (χ0n) is 13.8.